The zero-order valence-electron chi connectivity index (χ0n) is 12.8. The number of alkyl carbamates (subject to hydrolysis) is 1. The third-order valence-corrected chi connectivity index (χ3v) is 4.17. The van der Waals surface area contributed by atoms with Crippen molar-refractivity contribution in [2.75, 3.05) is 31.7 Å². The summed E-state index contributed by atoms with van der Waals surface area (Å²) in [5, 5.41) is 3.40. The van der Waals surface area contributed by atoms with Gasteiger partial charge >= 0.3 is 6.09 Å². The Kier molecular flexibility index (Phi) is 6.75. The highest BCUT2D eigenvalue weighted by atomic mass is 79.9. The maximum atomic E-state index is 11.7. The van der Waals surface area contributed by atoms with Crippen molar-refractivity contribution in [2.45, 2.75) is 45.3 Å². The Hall–Kier alpha value is -0.330. The van der Waals surface area contributed by atoms with Gasteiger partial charge in [0.25, 0.3) is 0 Å². The summed E-state index contributed by atoms with van der Waals surface area (Å²) in [6.45, 7) is 10.1. The van der Waals surface area contributed by atoms with Crippen LogP contribution in [0.1, 0.15) is 34.1 Å². The molecule has 0 aromatic heterocycles. The van der Waals surface area contributed by atoms with Crippen LogP contribution in [0, 0.1) is 5.92 Å². The molecule has 0 aromatic carbocycles. The summed E-state index contributed by atoms with van der Waals surface area (Å²) in [6.07, 6.45) is 0.621. The summed E-state index contributed by atoms with van der Waals surface area (Å²) in [4.78, 5) is 11.7. The van der Waals surface area contributed by atoms with Crippen LogP contribution in [0.15, 0.2) is 0 Å². The van der Waals surface area contributed by atoms with E-state index in [1.54, 1.807) is 0 Å². The van der Waals surface area contributed by atoms with Crippen LogP contribution in [-0.2, 0) is 14.2 Å². The molecule has 2 unspecified atom stereocenters. The number of halogens is 1. The standard InChI is InChI=1S/C14H26BrNO4/c1-13(2,3)20-12(17)16-10-14(4,9-15)19-8-11-5-6-18-7-11/h11H,5-10H2,1-4H3,(H,16,17). The number of carbonyl (C=O) groups is 1. The third-order valence-electron chi connectivity index (χ3n) is 2.98. The van der Waals surface area contributed by atoms with E-state index in [-0.39, 0.29) is 0 Å². The van der Waals surface area contributed by atoms with Gasteiger partial charge in [-0.3, -0.25) is 0 Å². The Morgan fingerprint density at radius 2 is 2.10 bits per heavy atom. The smallest absolute Gasteiger partial charge is 0.407 e. The van der Waals surface area contributed by atoms with Gasteiger partial charge in [0, 0.05) is 17.9 Å². The Labute approximate surface area is 129 Å². The molecule has 0 saturated carbocycles. The summed E-state index contributed by atoms with van der Waals surface area (Å²) in [5.41, 5.74) is -0.934. The number of rotatable bonds is 6. The minimum absolute atomic E-state index is 0.404. The second-order valence-electron chi connectivity index (χ2n) is 6.48. The van der Waals surface area contributed by atoms with Crippen LogP contribution < -0.4 is 5.32 Å². The van der Waals surface area contributed by atoms with Crippen LogP contribution >= 0.6 is 15.9 Å². The summed E-state index contributed by atoms with van der Waals surface area (Å²) < 4.78 is 16.5. The van der Waals surface area contributed by atoms with Gasteiger partial charge in [0.15, 0.2) is 0 Å². The molecule has 1 aliphatic heterocycles. The van der Waals surface area contributed by atoms with Gasteiger partial charge in [0.2, 0.25) is 0 Å². The second kappa shape index (κ2) is 7.61. The minimum atomic E-state index is -0.489. The zero-order valence-corrected chi connectivity index (χ0v) is 14.4. The number of hydrogen-bond acceptors (Lipinski definition) is 4. The summed E-state index contributed by atoms with van der Waals surface area (Å²) in [5.74, 6) is 0.454. The molecule has 1 N–H and O–H groups in total. The molecular weight excluding hydrogens is 326 g/mol. The lowest BCUT2D eigenvalue weighted by Crippen LogP contribution is -2.46. The van der Waals surface area contributed by atoms with Crippen LogP contribution in [-0.4, -0.2) is 49.0 Å². The van der Waals surface area contributed by atoms with E-state index in [0.29, 0.717) is 24.4 Å². The van der Waals surface area contributed by atoms with Gasteiger partial charge in [-0.25, -0.2) is 4.79 Å². The molecule has 0 aromatic rings. The van der Waals surface area contributed by atoms with Crippen molar-refractivity contribution in [1.29, 1.82) is 0 Å². The normalized spacial score (nSPS) is 22.4. The maximum Gasteiger partial charge on any atom is 0.407 e. The topological polar surface area (TPSA) is 56.8 Å². The maximum absolute atomic E-state index is 11.7. The van der Waals surface area contributed by atoms with Gasteiger partial charge in [0.1, 0.15) is 5.60 Å². The first-order valence-corrected chi connectivity index (χ1v) is 8.11. The predicted molar refractivity (Wildman–Crippen MR) is 81.3 cm³/mol. The second-order valence-corrected chi connectivity index (χ2v) is 7.04. The van der Waals surface area contributed by atoms with Gasteiger partial charge in [-0.1, -0.05) is 15.9 Å². The van der Waals surface area contributed by atoms with Crippen LogP contribution in [0.3, 0.4) is 0 Å². The molecule has 1 aliphatic rings. The molecule has 20 heavy (non-hydrogen) atoms. The highest BCUT2D eigenvalue weighted by molar-refractivity contribution is 9.09. The average molecular weight is 352 g/mol. The predicted octanol–water partition coefficient (Wildman–Crippen LogP) is 2.72. The molecule has 0 radical (unpaired) electrons. The highest BCUT2D eigenvalue weighted by Gasteiger charge is 2.28. The lowest BCUT2D eigenvalue weighted by atomic mass is 10.1. The number of carbonyl (C=O) groups excluding carboxylic acids is 1. The molecule has 1 rings (SSSR count). The number of nitrogens with one attached hydrogen (secondary N) is 1. The van der Waals surface area contributed by atoms with E-state index < -0.39 is 17.3 Å². The van der Waals surface area contributed by atoms with Gasteiger partial charge in [-0.05, 0) is 34.1 Å². The van der Waals surface area contributed by atoms with E-state index in [4.69, 9.17) is 14.2 Å². The molecule has 0 spiro atoms. The minimum Gasteiger partial charge on any atom is -0.444 e. The van der Waals surface area contributed by atoms with Crippen LogP contribution in [0.4, 0.5) is 4.79 Å². The van der Waals surface area contributed by atoms with Crippen molar-refractivity contribution in [1.82, 2.24) is 5.32 Å². The Morgan fingerprint density at radius 3 is 2.60 bits per heavy atom. The molecule has 5 nitrogen and oxygen atoms in total. The van der Waals surface area contributed by atoms with Crippen molar-refractivity contribution >= 4 is 22.0 Å². The van der Waals surface area contributed by atoms with Crippen LogP contribution in [0.25, 0.3) is 0 Å². The zero-order chi connectivity index (χ0) is 15.2. The molecule has 118 valence electrons. The number of amides is 1. The summed E-state index contributed by atoms with van der Waals surface area (Å²) >= 11 is 3.44. The fourth-order valence-corrected chi connectivity index (χ4v) is 2.10. The van der Waals surface area contributed by atoms with E-state index in [0.717, 1.165) is 19.6 Å². The molecule has 0 bridgehead atoms. The molecule has 1 fully saturated rings. The van der Waals surface area contributed by atoms with Crippen LogP contribution in [0.5, 0.6) is 0 Å². The third kappa shape index (κ3) is 6.90. The first-order chi connectivity index (χ1) is 9.24. The van der Waals surface area contributed by atoms with Crippen LogP contribution in [0.2, 0.25) is 0 Å². The average Bonchev–Trinajstić information content (AvgIpc) is 2.85. The summed E-state index contributed by atoms with van der Waals surface area (Å²) in [7, 11) is 0. The quantitative estimate of drug-likeness (QED) is 0.747. The molecule has 1 heterocycles. The number of hydrogen-bond donors (Lipinski definition) is 1. The van der Waals surface area contributed by atoms with Crippen molar-refractivity contribution in [3.05, 3.63) is 0 Å². The van der Waals surface area contributed by atoms with Crippen molar-refractivity contribution < 1.29 is 19.0 Å². The molecule has 2 atom stereocenters. The van der Waals surface area contributed by atoms with Gasteiger partial charge < -0.3 is 19.5 Å². The molecular formula is C14H26BrNO4. The van der Waals surface area contributed by atoms with E-state index in [1.807, 2.05) is 27.7 Å². The fourth-order valence-electron chi connectivity index (χ4n) is 1.74. The highest BCUT2D eigenvalue weighted by Crippen LogP contribution is 2.19. The SMILES string of the molecule is CC(C)(C)OC(=O)NCC(C)(CBr)OCC1CCOC1. The van der Waals surface area contributed by atoms with E-state index in [1.165, 1.54) is 0 Å². The van der Waals surface area contributed by atoms with Gasteiger partial charge in [0.05, 0.1) is 25.4 Å². The molecule has 0 aliphatic carbocycles. The fraction of sp³-hybridized carbons (Fsp3) is 0.929. The molecule has 6 heteroatoms. The van der Waals surface area contributed by atoms with Gasteiger partial charge in [-0.15, -0.1) is 0 Å². The Morgan fingerprint density at radius 1 is 1.40 bits per heavy atom. The van der Waals surface area contributed by atoms with Crippen molar-refractivity contribution in [2.24, 2.45) is 5.92 Å². The Bertz CT molecular complexity index is 313. The monoisotopic (exact) mass is 351 g/mol. The Balaban J connectivity index is 2.33. The molecule has 1 amide bonds. The van der Waals surface area contributed by atoms with E-state index >= 15 is 0 Å². The van der Waals surface area contributed by atoms with Gasteiger partial charge in [-0.2, -0.15) is 0 Å². The summed E-state index contributed by atoms with van der Waals surface area (Å²) in [6, 6.07) is 0. The lowest BCUT2D eigenvalue weighted by molar-refractivity contribution is -0.0325. The van der Waals surface area contributed by atoms with E-state index in [9.17, 15) is 4.79 Å². The lowest BCUT2D eigenvalue weighted by Gasteiger charge is -2.30. The van der Waals surface area contributed by atoms with E-state index in [2.05, 4.69) is 21.2 Å². The first-order valence-electron chi connectivity index (χ1n) is 6.99. The largest absolute Gasteiger partial charge is 0.444 e. The van der Waals surface area contributed by atoms with Crippen molar-refractivity contribution in [3.63, 3.8) is 0 Å². The first kappa shape index (κ1) is 17.7. The van der Waals surface area contributed by atoms with Crippen molar-refractivity contribution in [3.8, 4) is 0 Å². The number of ether oxygens (including phenoxy) is 3. The molecule has 1 saturated heterocycles. The number of alkyl halides is 1.